The average Bonchev–Trinajstić information content (AvgIpc) is 2.92. The fourth-order valence-electron chi connectivity index (χ4n) is 2.78. The molecule has 3 N–H and O–H groups in total. The van der Waals surface area contributed by atoms with Crippen molar-refractivity contribution in [1.29, 1.82) is 0 Å². The first-order valence-electron chi connectivity index (χ1n) is 8.47. The van der Waals surface area contributed by atoms with Gasteiger partial charge in [-0.15, -0.1) is 0 Å². The molecule has 2 rings (SSSR count). The summed E-state index contributed by atoms with van der Waals surface area (Å²) in [5.41, 5.74) is 2.34. The van der Waals surface area contributed by atoms with Crippen LogP contribution in [0.1, 0.15) is 38.7 Å². The predicted molar refractivity (Wildman–Crippen MR) is 95.3 cm³/mol. The molecule has 2 aromatic rings. The van der Waals surface area contributed by atoms with Crippen LogP contribution in [0.3, 0.4) is 0 Å². The highest BCUT2D eigenvalue weighted by Crippen LogP contribution is 2.13. The third kappa shape index (κ3) is 5.48. The summed E-state index contributed by atoms with van der Waals surface area (Å²) in [6.45, 7) is 3.98. The first-order chi connectivity index (χ1) is 11.9. The van der Waals surface area contributed by atoms with Gasteiger partial charge in [-0.3, -0.25) is 4.79 Å². The van der Waals surface area contributed by atoms with Crippen LogP contribution in [-0.4, -0.2) is 35.0 Å². The van der Waals surface area contributed by atoms with Crippen LogP contribution in [0, 0.1) is 5.92 Å². The molecule has 25 heavy (non-hydrogen) atoms. The molecule has 136 valence electrons. The number of carbonyl (C=O) groups is 2. The van der Waals surface area contributed by atoms with Crippen LogP contribution < -0.4 is 11.0 Å². The lowest BCUT2D eigenvalue weighted by Gasteiger charge is -2.18. The van der Waals surface area contributed by atoms with Gasteiger partial charge in [0, 0.05) is 6.42 Å². The van der Waals surface area contributed by atoms with Gasteiger partial charge in [-0.05, 0) is 42.9 Å². The second kappa shape index (κ2) is 8.50. The minimum atomic E-state index is -0.598. The van der Waals surface area contributed by atoms with Gasteiger partial charge in [0.05, 0.1) is 18.1 Å². The van der Waals surface area contributed by atoms with Crippen LogP contribution in [0.25, 0.3) is 11.0 Å². The standard InChI is InChI=1S/C18H25N3O4/c1-11(2)9-15(17(23)25-3)19-16(22)6-4-5-12-7-8-13-14(10-12)21-18(24)20-13/h7-8,10-11,15H,4-6,9H2,1-3H3,(H,19,22)(H2,20,21,24). The molecule has 0 aliphatic carbocycles. The number of nitrogens with one attached hydrogen (secondary N) is 3. The van der Waals surface area contributed by atoms with E-state index in [0.717, 1.165) is 16.6 Å². The van der Waals surface area contributed by atoms with Gasteiger partial charge in [0.1, 0.15) is 6.04 Å². The quantitative estimate of drug-likeness (QED) is 0.634. The summed E-state index contributed by atoms with van der Waals surface area (Å²) in [4.78, 5) is 40.5. The summed E-state index contributed by atoms with van der Waals surface area (Å²) >= 11 is 0. The highest BCUT2D eigenvalue weighted by atomic mass is 16.5. The molecule has 1 atom stereocenters. The number of aromatic amines is 2. The summed E-state index contributed by atoms with van der Waals surface area (Å²) in [6.07, 6.45) is 2.24. The van der Waals surface area contributed by atoms with Gasteiger partial charge in [0.25, 0.3) is 0 Å². The average molecular weight is 347 g/mol. The molecule has 0 radical (unpaired) electrons. The third-order valence-electron chi connectivity index (χ3n) is 3.98. The zero-order valence-electron chi connectivity index (χ0n) is 14.8. The molecule has 0 aliphatic rings. The number of aryl methyl sites for hydroxylation is 1. The normalized spacial score (nSPS) is 12.3. The van der Waals surface area contributed by atoms with Crippen LogP contribution in [0.4, 0.5) is 0 Å². The second-order valence-corrected chi connectivity index (χ2v) is 6.59. The van der Waals surface area contributed by atoms with Crippen molar-refractivity contribution in [2.45, 2.75) is 45.6 Å². The Labute approximate surface area is 146 Å². The molecule has 7 heteroatoms. The van der Waals surface area contributed by atoms with Crippen molar-refractivity contribution in [3.05, 3.63) is 34.2 Å². The number of hydrogen-bond donors (Lipinski definition) is 3. The minimum absolute atomic E-state index is 0.160. The summed E-state index contributed by atoms with van der Waals surface area (Å²) in [7, 11) is 1.32. The van der Waals surface area contributed by atoms with Crippen LogP contribution in [0.15, 0.2) is 23.0 Å². The molecule has 0 aliphatic heterocycles. The maximum Gasteiger partial charge on any atom is 0.328 e. The summed E-state index contributed by atoms with van der Waals surface area (Å²) in [5, 5.41) is 2.75. The van der Waals surface area contributed by atoms with Crippen molar-refractivity contribution in [2.24, 2.45) is 5.92 Å². The van der Waals surface area contributed by atoms with E-state index in [-0.39, 0.29) is 17.5 Å². The summed E-state index contributed by atoms with van der Waals surface area (Å²) in [6, 6.07) is 5.08. The maximum absolute atomic E-state index is 12.1. The molecule has 0 saturated carbocycles. The second-order valence-electron chi connectivity index (χ2n) is 6.59. The smallest absolute Gasteiger partial charge is 0.328 e. The van der Waals surface area contributed by atoms with Gasteiger partial charge in [0.2, 0.25) is 5.91 Å². The molecule has 1 heterocycles. The Morgan fingerprint density at radius 3 is 2.60 bits per heavy atom. The fraction of sp³-hybridized carbons (Fsp3) is 0.500. The van der Waals surface area contributed by atoms with E-state index in [4.69, 9.17) is 4.74 Å². The Morgan fingerprint density at radius 1 is 1.20 bits per heavy atom. The molecule has 0 fully saturated rings. The largest absolute Gasteiger partial charge is 0.467 e. The molecule has 0 spiro atoms. The molecule has 1 amide bonds. The van der Waals surface area contributed by atoms with Gasteiger partial charge in [-0.25, -0.2) is 9.59 Å². The number of benzene rings is 1. The van der Waals surface area contributed by atoms with Crippen LogP contribution >= 0.6 is 0 Å². The lowest BCUT2D eigenvalue weighted by atomic mass is 10.0. The van der Waals surface area contributed by atoms with E-state index >= 15 is 0 Å². The minimum Gasteiger partial charge on any atom is -0.467 e. The predicted octanol–water partition coefficient (Wildman–Crippen LogP) is 1.88. The van der Waals surface area contributed by atoms with Crippen molar-refractivity contribution in [3.8, 4) is 0 Å². The number of fused-ring (bicyclic) bond motifs is 1. The monoisotopic (exact) mass is 347 g/mol. The van der Waals surface area contributed by atoms with E-state index in [9.17, 15) is 14.4 Å². The number of rotatable bonds is 8. The number of amides is 1. The third-order valence-corrected chi connectivity index (χ3v) is 3.98. The van der Waals surface area contributed by atoms with Gasteiger partial charge in [0.15, 0.2) is 0 Å². The molecule has 0 bridgehead atoms. The van der Waals surface area contributed by atoms with Crippen molar-refractivity contribution < 1.29 is 14.3 Å². The zero-order valence-corrected chi connectivity index (χ0v) is 14.8. The summed E-state index contributed by atoms with van der Waals surface area (Å²) in [5.74, 6) is -0.296. The van der Waals surface area contributed by atoms with E-state index in [1.807, 2.05) is 32.0 Å². The van der Waals surface area contributed by atoms with E-state index in [0.29, 0.717) is 25.7 Å². The Kier molecular flexibility index (Phi) is 6.38. The molecular formula is C18H25N3O4. The van der Waals surface area contributed by atoms with Gasteiger partial charge >= 0.3 is 11.7 Å². The van der Waals surface area contributed by atoms with Gasteiger partial charge in [-0.1, -0.05) is 19.9 Å². The SMILES string of the molecule is COC(=O)C(CC(C)C)NC(=O)CCCc1ccc2[nH]c(=O)[nH]c2c1. The number of ether oxygens (including phenoxy) is 1. The van der Waals surface area contributed by atoms with Crippen LogP contribution in [0.2, 0.25) is 0 Å². The number of esters is 1. The maximum atomic E-state index is 12.1. The molecule has 1 unspecified atom stereocenters. The first kappa shape index (κ1) is 18.8. The Bertz CT molecular complexity index is 791. The van der Waals surface area contributed by atoms with E-state index in [1.165, 1.54) is 7.11 Å². The summed E-state index contributed by atoms with van der Waals surface area (Å²) < 4.78 is 4.75. The lowest BCUT2D eigenvalue weighted by Crippen LogP contribution is -2.42. The molecular weight excluding hydrogens is 322 g/mol. The number of H-pyrrole nitrogens is 2. The Balaban J connectivity index is 1.85. The molecule has 0 saturated heterocycles. The number of hydrogen-bond acceptors (Lipinski definition) is 4. The molecule has 1 aromatic heterocycles. The Hall–Kier alpha value is -2.57. The van der Waals surface area contributed by atoms with Crippen LogP contribution in [0.5, 0.6) is 0 Å². The van der Waals surface area contributed by atoms with Crippen molar-refractivity contribution >= 4 is 22.9 Å². The van der Waals surface area contributed by atoms with Crippen molar-refractivity contribution in [1.82, 2.24) is 15.3 Å². The number of carbonyl (C=O) groups excluding carboxylic acids is 2. The van der Waals surface area contributed by atoms with Crippen LogP contribution in [-0.2, 0) is 20.7 Å². The van der Waals surface area contributed by atoms with E-state index in [2.05, 4.69) is 15.3 Å². The van der Waals surface area contributed by atoms with Crippen molar-refractivity contribution in [3.63, 3.8) is 0 Å². The number of imidazole rings is 1. The Morgan fingerprint density at radius 2 is 1.92 bits per heavy atom. The van der Waals surface area contributed by atoms with Gasteiger partial charge in [-0.2, -0.15) is 0 Å². The van der Waals surface area contributed by atoms with E-state index < -0.39 is 12.0 Å². The highest BCUT2D eigenvalue weighted by Gasteiger charge is 2.22. The van der Waals surface area contributed by atoms with Crippen molar-refractivity contribution in [2.75, 3.05) is 7.11 Å². The lowest BCUT2D eigenvalue weighted by molar-refractivity contribution is -0.145. The first-order valence-corrected chi connectivity index (χ1v) is 8.47. The van der Waals surface area contributed by atoms with E-state index in [1.54, 1.807) is 0 Å². The molecule has 1 aromatic carbocycles. The molecule has 7 nitrogen and oxygen atoms in total. The fourth-order valence-corrected chi connectivity index (χ4v) is 2.78. The number of methoxy groups -OCH3 is 1. The topological polar surface area (TPSA) is 104 Å². The zero-order chi connectivity index (χ0) is 18.4. The number of aromatic nitrogens is 2. The highest BCUT2D eigenvalue weighted by molar-refractivity contribution is 5.84. The van der Waals surface area contributed by atoms with Gasteiger partial charge < -0.3 is 20.0 Å².